The first-order chi connectivity index (χ1) is 13.3. The minimum Gasteiger partial charge on any atom is -0.306 e. The Morgan fingerprint density at radius 3 is 2.71 bits per heavy atom. The predicted octanol–water partition coefficient (Wildman–Crippen LogP) is 3.65. The van der Waals surface area contributed by atoms with E-state index in [2.05, 4.69) is 5.10 Å². The van der Waals surface area contributed by atoms with Gasteiger partial charge in [0.15, 0.2) is 5.69 Å². The van der Waals surface area contributed by atoms with Gasteiger partial charge in [-0.05, 0) is 48.7 Å². The van der Waals surface area contributed by atoms with Crippen molar-refractivity contribution in [1.29, 1.82) is 0 Å². The maximum Gasteiger partial charge on any atom is 0.278 e. The highest BCUT2D eigenvalue weighted by Crippen LogP contribution is 2.33. The fourth-order valence-corrected chi connectivity index (χ4v) is 3.48. The van der Waals surface area contributed by atoms with Crippen LogP contribution >= 0.6 is 0 Å². The van der Waals surface area contributed by atoms with E-state index in [0.717, 1.165) is 11.1 Å². The van der Waals surface area contributed by atoms with Crippen molar-refractivity contribution in [3.63, 3.8) is 0 Å². The minimum atomic E-state index is -0.475. The van der Waals surface area contributed by atoms with E-state index in [1.54, 1.807) is 42.9 Å². The molecule has 28 heavy (non-hydrogen) atoms. The number of nitro groups is 1. The SMILES string of the molecule is Cc1cc(-c2cc(C(=O)N3CCc4ccc([N+](=O)[O-])cc43)nn2C)ccc1F. The molecule has 7 nitrogen and oxygen atoms in total. The van der Waals surface area contributed by atoms with Crippen LogP contribution in [0.25, 0.3) is 11.3 Å². The summed E-state index contributed by atoms with van der Waals surface area (Å²) >= 11 is 0. The first kappa shape index (κ1) is 17.8. The number of nitro benzene ring substituents is 1. The van der Waals surface area contributed by atoms with Gasteiger partial charge in [-0.1, -0.05) is 6.07 Å². The molecule has 4 rings (SSSR count). The van der Waals surface area contributed by atoms with Gasteiger partial charge in [0.2, 0.25) is 0 Å². The average Bonchev–Trinajstić information content (AvgIpc) is 3.26. The molecule has 1 aliphatic heterocycles. The molecular formula is C20H17FN4O3. The highest BCUT2D eigenvalue weighted by molar-refractivity contribution is 6.06. The molecule has 1 aromatic heterocycles. The molecule has 8 heteroatoms. The lowest BCUT2D eigenvalue weighted by Crippen LogP contribution is -2.29. The molecule has 0 spiro atoms. The van der Waals surface area contributed by atoms with E-state index in [1.807, 2.05) is 0 Å². The predicted molar refractivity (Wildman–Crippen MR) is 102 cm³/mol. The number of halogens is 1. The number of non-ortho nitro benzene ring substituents is 1. The monoisotopic (exact) mass is 380 g/mol. The van der Waals surface area contributed by atoms with Crippen LogP contribution in [0.1, 0.15) is 21.6 Å². The minimum absolute atomic E-state index is 0.0538. The van der Waals surface area contributed by atoms with Crippen LogP contribution in [0.2, 0.25) is 0 Å². The number of anilines is 1. The molecule has 1 aliphatic rings. The van der Waals surface area contributed by atoms with E-state index in [9.17, 15) is 19.3 Å². The quantitative estimate of drug-likeness (QED) is 0.513. The fourth-order valence-electron chi connectivity index (χ4n) is 3.48. The molecule has 0 saturated carbocycles. The number of rotatable bonds is 3. The second kappa shape index (κ2) is 6.56. The van der Waals surface area contributed by atoms with Crippen molar-refractivity contribution in [2.45, 2.75) is 13.3 Å². The van der Waals surface area contributed by atoms with Crippen LogP contribution in [0.5, 0.6) is 0 Å². The summed E-state index contributed by atoms with van der Waals surface area (Å²) < 4.78 is 15.1. The van der Waals surface area contributed by atoms with Gasteiger partial charge in [0.05, 0.1) is 16.3 Å². The molecule has 0 bridgehead atoms. The molecule has 0 radical (unpaired) electrons. The second-order valence-corrected chi connectivity index (χ2v) is 6.78. The van der Waals surface area contributed by atoms with Gasteiger partial charge >= 0.3 is 0 Å². The largest absolute Gasteiger partial charge is 0.306 e. The van der Waals surface area contributed by atoms with Crippen LogP contribution in [0, 0.1) is 22.9 Å². The molecule has 142 valence electrons. The van der Waals surface area contributed by atoms with Crippen molar-refractivity contribution in [1.82, 2.24) is 9.78 Å². The van der Waals surface area contributed by atoms with Gasteiger partial charge in [0.1, 0.15) is 5.82 Å². The van der Waals surface area contributed by atoms with Crippen LogP contribution < -0.4 is 4.90 Å². The van der Waals surface area contributed by atoms with Gasteiger partial charge in [-0.25, -0.2) is 4.39 Å². The molecule has 2 heterocycles. The van der Waals surface area contributed by atoms with Crippen molar-refractivity contribution in [3.05, 3.63) is 75.2 Å². The van der Waals surface area contributed by atoms with Gasteiger partial charge in [-0.15, -0.1) is 0 Å². The number of carbonyl (C=O) groups excluding carboxylic acids is 1. The summed E-state index contributed by atoms with van der Waals surface area (Å²) in [5, 5.41) is 15.4. The summed E-state index contributed by atoms with van der Waals surface area (Å²) in [5.74, 6) is -0.614. The summed E-state index contributed by atoms with van der Waals surface area (Å²) in [5.41, 5.74) is 3.57. The fraction of sp³-hybridized carbons (Fsp3) is 0.200. The van der Waals surface area contributed by atoms with Crippen molar-refractivity contribution < 1.29 is 14.1 Å². The van der Waals surface area contributed by atoms with Gasteiger partial charge in [-0.2, -0.15) is 5.10 Å². The maximum absolute atomic E-state index is 13.6. The summed E-state index contributed by atoms with van der Waals surface area (Å²) in [7, 11) is 1.72. The molecule has 3 aromatic rings. The van der Waals surface area contributed by atoms with Crippen LogP contribution in [0.15, 0.2) is 42.5 Å². The van der Waals surface area contributed by atoms with Gasteiger partial charge < -0.3 is 4.90 Å². The van der Waals surface area contributed by atoms with E-state index < -0.39 is 4.92 Å². The number of hydrogen-bond acceptors (Lipinski definition) is 4. The normalized spacial score (nSPS) is 12.9. The number of aryl methyl sites for hydroxylation is 2. The number of aromatic nitrogens is 2. The molecule has 2 aromatic carbocycles. The highest BCUT2D eigenvalue weighted by atomic mass is 19.1. The molecular weight excluding hydrogens is 363 g/mol. The Hall–Kier alpha value is -3.55. The summed E-state index contributed by atoms with van der Waals surface area (Å²) in [4.78, 5) is 25.1. The third-order valence-electron chi connectivity index (χ3n) is 4.97. The average molecular weight is 380 g/mol. The molecule has 0 unspecified atom stereocenters. The van der Waals surface area contributed by atoms with E-state index in [4.69, 9.17) is 0 Å². The van der Waals surface area contributed by atoms with Crippen LogP contribution in [0.3, 0.4) is 0 Å². The lowest BCUT2D eigenvalue weighted by Gasteiger charge is -2.15. The van der Waals surface area contributed by atoms with E-state index in [1.165, 1.54) is 23.1 Å². The van der Waals surface area contributed by atoms with Crippen LogP contribution in [0.4, 0.5) is 15.8 Å². The third-order valence-corrected chi connectivity index (χ3v) is 4.97. The number of carbonyl (C=O) groups is 1. The second-order valence-electron chi connectivity index (χ2n) is 6.78. The Morgan fingerprint density at radius 1 is 1.21 bits per heavy atom. The molecule has 0 atom stereocenters. The van der Waals surface area contributed by atoms with Crippen molar-refractivity contribution >= 4 is 17.3 Å². The first-order valence-corrected chi connectivity index (χ1v) is 8.75. The summed E-state index contributed by atoms with van der Waals surface area (Å²) in [6.07, 6.45) is 0.635. The van der Waals surface area contributed by atoms with Gasteiger partial charge in [0.25, 0.3) is 11.6 Å². The zero-order valence-corrected chi connectivity index (χ0v) is 15.3. The number of nitrogens with zero attached hydrogens (tertiary/aromatic N) is 4. The molecule has 0 N–H and O–H groups in total. The summed E-state index contributed by atoms with van der Waals surface area (Å²) in [6.45, 7) is 2.12. The number of amides is 1. The maximum atomic E-state index is 13.6. The Labute approximate surface area is 160 Å². The zero-order chi connectivity index (χ0) is 20.0. The molecule has 1 amide bonds. The van der Waals surface area contributed by atoms with E-state index in [0.29, 0.717) is 29.9 Å². The Morgan fingerprint density at radius 2 is 2.00 bits per heavy atom. The van der Waals surface area contributed by atoms with Crippen molar-refractivity contribution in [3.8, 4) is 11.3 Å². The van der Waals surface area contributed by atoms with E-state index in [-0.39, 0.29) is 23.1 Å². The Kier molecular flexibility index (Phi) is 4.18. The lowest BCUT2D eigenvalue weighted by molar-refractivity contribution is -0.384. The smallest absolute Gasteiger partial charge is 0.278 e. The number of fused-ring (bicyclic) bond motifs is 1. The summed E-state index contributed by atoms with van der Waals surface area (Å²) in [6, 6.07) is 10.9. The lowest BCUT2D eigenvalue weighted by atomic mass is 10.1. The van der Waals surface area contributed by atoms with Crippen LogP contribution in [-0.2, 0) is 13.5 Å². The van der Waals surface area contributed by atoms with Gasteiger partial charge in [-0.3, -0.25) is 19.6 Å². The van der Waals surface area contributed by atoms with E-state index >= 15 is 0 Å². The number of benzene rings is 2. The third kappa shape index (κ3) is 2.92. The van der Waals surface area contributed by atoms with Crippen LogP contribution in [-0.4, -0.2) is 27.2 Å². The van der Waals surface area contributed by atoms with Crippen molar-refractivity contribution in [2.24, 2.45) is 7.05 Å². The van der Waals surface area contributed by atoms with Gasteiger partial charge in [0, 0.05) is 31.3 Å². The highest BCUT2D eigenvalue weighted by Gasteiger charge is 2.29. The number of hydrogen-bond donors (Lipinski definition) is 0. The first-order valence-electron chi connectivity index (χ1n) is 8.75. The van der Waals surface area contributed by atoms with Crippen molar-refractivity contribution in [2.75, 3.05) is 11.4 Å². The standard InChI is InChI=1S/C20H17FN4O3/c1-12-9-14(4-6-16(12)21)18-11-17(22-23(18)2)20(26)24-8-7-13-3-5-15(25(27)28)10-19(13)24/h3-6,9-11H,7-8H2,1-2H3. The molecule has 0 fully saturated rings. The topological polar surface area (TPSA) is 81.3 Å². The molecule has 0 aliphatic carbocycles. The Bertz CT molecular complexity index is 1120. The molecule has 0 saturated heterocycles. The zero-order valence-electron chi connectivity index (χ0n) is 15.3. The Balaban J connectivity index is 1.68.